The molecule has 3 aliphatic rings. The number of nitrogens with zero attached hydrogens (tertiary/aromatic N) is 5. The van der Waals surface area contributed by atoms with Crippen LogP contribution in [0.1, 0.15) is 18.4 Å². The molecule has 3 heterocycles. The number of piperidine rings is 1. The number of rotatable bonds is 4. The highest BCUT2D eigenvalue weighted by Gasteiger charge is 2.62. The van der Waals surface area contributed by atoms with Crippen LogP contribution in [-0.2, 0) is 16.1 Å². The summed E-state index contributed by atoms with van der Waals surface area (Å²) in [6, 6.07) is 10.4. The van der Waals surface area contributed by atoms with Gasteiger partial charge in [-0.25, -0.2) is 9.59 Å². The van der Waals surface area contributed by atoms with Crippen LogP contribution in [-0.4, -0.2) is 119 Å². The predicted molar refractivity (Wildman–Crippen MR) is 121 cm³/mol. The highest BCUT2D eigenvalue weighted by molar-refractivity contribution is 5.85. The fraction of sp³-hybridized carbons (Fsp3) is 0.609. The van der Waals surface area contributed by atoms with Gasteiger partial charge in [-0.3, -0.25) is 19.5 Å². The summed E-state index contributed by atoms with van der Waals surface area (Å²) in [5, 5.41) is 9.67. The van der Waals surface area contributed by atoms with Crippen molar-refractivity contribution in [2.45, 2.75) is 30.6 Å². The molecule has 0 bridgehead atoms. The van der Waals surface area contributed by atoms with Crippen LogP contribution >= 0.6 is 0 Å². The van der Waals surface area contributed by atoms with Crippen molar-refractivity contribution in [1.82, 2.24) is 24.5 Å². The number of hydrogen-bond acceptors (Lipinski definition) is 6. The van der Waals surface area contributed by atoms with Crippen LogP contribution in [0.2, 0.25) is 0 Å². The standard InChI is InChI=1S/C23H33N5O5/c1-24(21(32)33-3)16-23-17-27(20(30)31)14-19(29)28(23)15-22(25(23)2)9-11-26(12-10-22)13-18-7-5-4-6-8-18/h4-8H,9-17H2,1-3H3,(H,30,31). The summed E-state index contributed by atoms with van der Waals surface area (Å²) < 4.78 is 4.87. The zero-order chi connectivity index (χ0) is 23.8. The largest absolute Gasteiger partial charge is 0.465 e. The van der Waals surface area contributed by atoms with Crippen molar-refractivity contribution in [3.63, 3.8) is 0 Å². The second-order valence-corrected chi connectivity index (χ2v) is 9.47. The minimum atomic E-state index is -1.13. The number of carboxylic acid groups (broad SMARTS) is 1. The first-order valence-electron chi connectivity index (χ1n) is 11.3. The lowest BCUT2D eigenvalue weighted by atomic mass is 9.86. The molecule has 0 aliphatic carbocycles. The van der Waals surface area contributed by atoms with Gasteiger partial charge in [0.05, 0.1) is 20.2 Å². The molecule has 10 heteroatoms. The highest BCUT2D eigenvalue weighted by atomic mass is 16.5. The molecule has 1 unspecified atom stereocenters. The molecule has 3 amide bonds. The number of hydrogen-bond donors (Lipinski definition) is 1. The van der Waals surface area contributed by atoms with Gasteiger partial charge in [-0.1, -0.05) is 30.3 Å². The second-order valence-electron chi connectivity index (χ2n) is 9.47. The van der Waals surface area contributed by atoms with E-state index in [1.807, 2.05) is 25.2 Å². The first kappa shape index (κ1) is 23.3. The predicted octanol–water partition coefficient (Wildman–Crippen LogP) is 1.18. The Labute approximate surface area is 194 Å². The lowest BCUT2D eigenvalue weighted by Gasteiger charge is -2.51. The molecular weight excluding hydrogens is 426 g/mol. The Morgan fingerprint density at radius 2 is 1.82 bits per heavy atom. The number of likely N-dealkylation sites (tertiary alicyclic amines) is 1. The van der Waals surface area contributed by atoms with E-state index < -0.39 is 17.8 Å². The fourth-order valence-electron chi connectivity index (χ4n) is 5.73. The van der Waals surface area contributed by atoms with Gasteiger partial charge in [-0.15, -0.1) is 0 Å². The first-order valence-corrected chi connectivity index (χ1v) is 11.3. The van der Waals surface area contributed by atoms with Gasteiger partial charge >= 0.3 is 12.2 Å². The molecule has 1 atom stereocenters. The van der Waals surface area contributed by atoms with Crippen LogP contribution in [0.15, 0.2) is 30.3 Å². The summed E-state index contributed by atoms with van der Waals surface area (Å²) in [5.74, 6) is -0.225. The first-order chi connectivity index (χ1) is 15.7. The summed E-state index contributed by atoms with van der Waals surface area (Å²) in [7, 11) is 4.90. The monoisotopic (exact) mass is 459 g/mol. The van der Waals surface area contributed by atoms with E-state index >= 15 is 0 Å². The van der Waals surface area contributed by atoms with Crippen molar-refractivity contribution in [2.75, 3.05) is 60.5 Å². The van der Waals surface area contributed by atoms with E-state index in [4.69, 9.17) is 4.74 Å². The van der Waals surface area contributed by atoms with Crippen LogP contribution in [0, 0.1) is 0 Å². The molecule has 3 saturated heterocycles. The van der Waals surface area contributed by atoms with Gasteiger partial charge in [0.2, 0.25) is 5.91 Å². The lowest BCUT2D eigenvalue weighted by Crippen LogP contribution is -2.71. The van der Waals surface area contributed by atoms with Crippen LogP contribution < -0.4 is 0 Å². The van der Waals surface area contributed by atoms with Crippen LogP contribution in [0.5, 0.6) is 0 Å². The van der Waals surface area contributed by atoms with Crippen molar-refractivity contribution in [2.24, 2.45) is 0 Å². The van der Waals surface area contributed by atoms with Gasteiger partial charge < -0.3 is 19.6 Å². The Bertz CT molecular complexity index is 904. The van der Waals surface area contributed by atoms with Gasteiger partial charge in [0.15, 0.2) is 0 Å². The lowest BCUT2D eigenvalue weighted by molar-refractivity contribution is -0.150. The number of ether oxygens (including phenoxy) is 1. The summed E-state index contributed by atoms with van der Waals surface area (Å²) in [6.07, 6.45) is 0.0691. The van der Waals surface area contributed by atoms with E-state index in [0.717, 1.165) is 37.4 Å². The Morgan fingerprint density at radius 3 is 2.42 bits per heavy atom. The molecule has 4 rings (SSSR count). The number of benzene rings is 1. The van der Waals surface area contributed by atoms with Crippen LogP contribution in [0.25, 0.3) is 0 Å². The zero-order valence-corrected chi connectivity index (χ0v) is 19.6. The summed E-state index contributed by atoms with van der Waals surface area (Å²) in [4.78, 5) is 46.1. The zero-order valence-electron chi connectivity index (χ0n) is 19.6. The van der Waals surface area contributed by atoms with Crippen molar-refractivity contribution in [3.8, 4) is 0 Å². The Morgan fingerprint density at radius 1 is 1.15 bits per heavy atom. The normalized spacial score (nSPS) is 25.2. The number of fused-ring (bicyclic) bond motifs is 1. The molecule has 1 spiro atoms. The van der Waals surface area contributed by atoms with Crippen LogP contribution in [0.3, 0.4) is 0 Å². The molecule has 3 aliphatic heterocycles. The van der Waals surface area contributed by atoms with E-state index in [1.165, 1.54) is 17.6 Å². The maximum atomic E-state index is 13.1. The number of carbonyl (C=O) groups excluding carboxylic acids is 2. The van der Waals surface area contributed by atoms with E-state index in [1.54, 1.807) is 11.9 Å². The molecular formula is C23H33N5O5. The van der Waals surface area contributed by atoms with E-state index in [-0.39, 0.29) is 31.1 Å². The SMILES string of the molecule is COC(=O)N(C)CC12CN(C(=O)O)CC(=O)N1CC1(CCN(Cc3ccccc3)CC1)N2C. The highest BCUT2D eigenvalue weighted by Crippen LogP contribution is 2.45. The quantitative estimate of drug-likeness (QED) is 0.722. The Kier molecular flexibility index (Phi) is 6.24. The molecule has 1 aromatic rings. The average molecular weight is 460 g/mol. The van der Waals surface area contributed by atoms with E-state index in [0.29, 0.717) is 6.54 Å². The maximum Gasteiger partial charge on any atom is 0.409 e. The molecule has 3 fully saturated rings. The van der Waals surface area contributed by atoms with Crippen molar-refractivity contribution in [1.29, 1.82) is 0 Å². The third-order valence-electron chi connectivity index (χ3n) is 7.64. The van der Waals surface area contributed by atoms with Gasteiger partial charge in [0.25, 0.3) is 0 Å². The molecule has 1 aromatic carbocycles. The van der Waals surface area contributed by atoms with Crippen molar-refractivity contribution in [3.05, 3.63) is 35.9 Å². The van der Waals surface area contributed by atoms with Gasteiger partial charge in [-0.2, -0.15) is 0 Å². The van der Waals surface area contributed by atoms with Gasteiger partial charge in [0.1, 0.15) is 12.2 Å². The minimum absolute atomic E-state index is 0.126. The summed E-state index contributed by atoms with van der Waals surface area (Å²) >= 11 is 0. The maximum absolute atomic E-state index is 13.1. The van der Waals surface area contributed by atoms with E-state index in [2.05, 4.69) is 21.9 Å². The summed E-state index contributed by atoms with van der Waals surface area (Å²) in [6.45, 7) is 3.31. The number of likely N-dealkylation sites (N-methyl/N-ethyl adjacent to an activating group) is 2. The number of amides is 3. The Hall–Kier alpha value is -2.85. The second kappa shape index (κ2) is 8.83. The van der Waals surface area contributed by atoms with Crippen molar-refractivity contribution >= 4 is 18.1 Å². The minimum Gasteiger partial charge on any atom is -0.465 e. The fourth-order valence-corrected chi connectivity index (χ4v) is 5.73. The topological polar surface area (TPSA) is 96.9 Å². The van der Waals surface area contributed by atoms with E-state index in [9.17, 15) is 19.5 Å². The number of piperazine rings is 1. The molecule has 10 nitrogen and oxygen atoms in total. The molecule has 0 aromatic heterocycles. The molecule has 0 radical (unpaired) electrons. The smallest absolute Gasteiger partial charge is 0.409 e. The molecule has 0 saturated carbocycles. The molecule has 180 valence electrons. The average Bonchev–Trinajstić information content (AvgIpc) is 3.04. The van der Waals surface area contributed by atoms with Crippen molar-refractivity contribution < 1.29 is 24.2 Å². The molecule has 1 N–H and O–H groups in total. The Balaban J connectivity index is 1.57. The van der Waals surface area contributed by atoms with Gasteiger partial charge in [-0.05, 0) is 25.5 Å². The third kappa shape index (κ3) is 4.13. The third-order valence-corrected chi connectivity index (χ3v) is 7.64. The number of carbonyl (C=O) groups is 3. The van der Waals surface area contributed by atoms with Crippen LogP contribution in [0.4, 0.5) is 9.59 Å². The van der Waals surface area contributed by atoms with Gasteiger partial charge in [0, 0.05) is 38.8 Å². The number of methoxy groups -OCH3 is 1. The summed E-state index contributed by atoms with van der Waals surface area (Å²) in [5.41, 5.74) is 0.0705. The molecule has 33 heavy (non-hydrogen) atoms.